The van der Waals surface area contributed by atoms with Crippen molar-refractivity contribution in [3.63, 3.8) is 0 Å². The average molecular weight is 449 g/mol. The maximum absolute atomic E-state index is 13.2. The number of fused-ring (bicyclic) bond motifs is 1. The van der Waals surface area contributed by atoms with Crippen LogP contribution < -0.4 is 15.6 Å². The number of nitrogens with one attached hydrogen (secondary N) is 2. The Bertz CT molecular complexity index is 1310. The Morgan fingerprint density at radius 2 is 1.97 bits per heavy atom. The fourth-order valence-electron chi connectivity index (χ4n) is 3.35. The molecule has 0 aliphatic rings. The summed E-state index contributed by atoms with van der Waals surface area (Å²) in [6.45, 7) is 0.355. The molecule has 2 N–H and O–H groups in total. The highest BCUT2D eigenvalue weighted by Crippen LogP contribution is 2.22. The molecule has 0 atom stereocenters. The number of hydrogen-bond acceptors (Lipinski definition) is 4. The minimum absolute atomic E-state index is 0.0909. The molecule has 0 saturated heterocycles. The molecule has 0 fully saturated rings. The van der Waals surface area contributed by atoms with Crippen LogP contribution in [0.1, 0.15) is 11.1 Å². The summed E-state index contributed by atoms with van der Waals surface area (Å²) in [6, 6.07) is 17.5. The highest BCUT2D eigenvalue weighted by Gasteiger charge is 2.18. The lowest BCUT2D eigenvalue weighted by Gasteiger charge is -2.23. The number of carbonyl (C=O) groups excluding carboxylic acids is 1. The molecule has 0 bridgehead atoms. The molecule has 2 amide bonds. The molecule has 7 nitrogen and oxygen atoms in total. The Labute approximate surface area is 189 Å². The lowest BCUT2D eigenvalue weighted by atomic mass is 10.1. The first-order chi connectivity index (χ1) is 15.5. The SMILES string of the molecule is COc1ccc2[nH]c(=O)c(CN(Cc3cccnc3)C(=O)Nc3ccccc3Cl)cc2c1. The number of urea groups is 1. The lowest BCUT2D eigenvalue weighted by molar-refractivity contribution is 0.206. The quantitative estimate of drug-likeness (QED) is 0.442. The van der Waals surface area contributed by atoms with Crippen molar-refractivity contribution in [1.82, 2.24) is 14.9 Å². The second-order valence-electron chi connectivity index (χ2n) is 7.20. The highest BCUT2D eigenvalue weighted by atomic mass is 35.5. The van der Waals surface area contributed by atoms with Gasteiger partial charge in [-0.1, -0.05) is 29.8 Å². The second kappa shape index (κ2) is 9.53. The number of aromatic amines is 1. The van der Waals surface area contributed by atoms with Gasteiger partial charge < -0.3 is 19.9 Å². The minimum atomic E-state index is -0.382. The molecule has 4 rings (SSSR count). The van der Waals surface area contributed by atoms with Crippen LogP contribution in [0.15, 0.2) is 77.9 Å². The van der Waals surface area contributed by atoms with E-state index in [9.17, 15) is 9.59 Å². The van der Waals surface area contributed by atoms with E-state index in [1.807, 2.05) is 12.1 Å². The van der Waals surface area contributed by atoms with Crippen molar-refractivity contribution < 1.29 is 9.53 Å². The zero-order chi connectivity index (χ0) is 22.5. The Morgan fingerprint density at radius 1 is 1.12 bits per heavy atom. The smallest absolute Gasteiger partial charge is 0.322 e. The summed E-state index contributed by atoms with van der Waals surface area (Å²) < 4.78 is 5.28. The summed E-state index contributed by atoms with van der Waals surface area (Å²) in [7, 11) is 1.59. The monoisotopic (exact) mass is 448 g/mol. The van der Waals surface area contributed by atoms with Gasteiger partial charge in [0.15, 0.2) is 0 Å². The number of carbonyl (C=O) groups is 1. The fraction of sp³-hybridized carbons (Fsp3) is 0.125. The number of halogens is 1. The molecule has 0 saturated carbocycles. The maximum Gasteiger partial charge on any atom is 0.322 e. The number of pyridine rings is 2. The van der Waals surface area contributed by atoms with Crippen LogP contribution in [0.4, 0.5) is 10.5 Å². The van der Waals surface area contributed by atoms with Gasteiger partial charge in [-0.15, -0.1) is 0 Å². The number of benzene rings is 2. The molecule has 0 spiro atoms. The molecular formula is C24H21ClN4O3. The van der Waals surface area contributed by atoms with Crippen molar-refractivity contribution in [2.24, 2.45) is 0 Å². The lowest BCUT2D eigenvalue weighted by Crippen LogP contribution is -2.35. The second-order valence-corrected chi connectivity index (χ2v) is 7.61. The van der Waals surface area contributed by atoms with Crippen LogP contribution in [0.3, 0.4) is 0 Å². The topological polar surface area (TPSA) is 87.3 Å². The van der Waals surface area contributed by atoms with E-state index >= 15 is 0 Å². The maximum atomic E-state index is 13.2. The minimum Gasteiger partial charge on any atom is -0.497 e. The first-order valence-electron chi connectivity index (χ1n) is 9.93. The van der Waals surface area contributed by atoms with E-state index in [4.69, 9.17) is 16.3 Å². The van der Waals surface area contributed by atoms with Crippen LogP contribution in [0, 0.1) is 0 Å². The van der Waals surface area contributed by atoms with Gasteiger partial charge in [-0.25, -0.2) is 4.79 Å². The number of aromatic nitrogens is 2. The first kappa shape index (κ1) is 21.4. The molecule has 2 aromatic heterocycles. The summed E-state index contributed by atoms with van der Waals surface area (Å²) in [6.07, 6.45) is 3.35. The molecule has 0 unspecified atom stereocenters. The number of anilines is 1. The van der Waals surface area contributed by atoms with Crippen molar-refractivity contribution in [2.45, 2.75) is 13.1 Å². The molecule has 0 radical (unpaired) electrons. The highest BCUT2D eigenvalue weighted by molar-refractivity contribution is 6.33. The van der Waals surface area contributed by atoms with E-state index in [1.54, 1.807) is 68.0 Å². The van der Waals surface area contributed by atoms with Crippen molar-refractivity contribution in [3.8, 4) is 5.75 Å². The van der Waals surface area contributed by atoms with Crippen LogP contribution in [-0.4, -0.2) is 28.0 Å². The Hall–Kier alpha value is -3.84. The molecule has 2 aromatic carbocycles. The van der Waals surface area contributed by atoms with Gasteiger partial charge in [-0.3, -0.25) is 9.78 Å². The van der Waals surface area contributed by atoms with Crippen LogP contribution in [0.25, 0.3) is 10.9 Å². The van der Waals surface area contributed by atoms with Gasteiger partial charge in [0, 0.05) is 35.4 Å². The summed E-state index contributed by atoms with van der Waals surface area (Å²) in [5, 5.41) is 4.07. The summed E-state index contributed by atoms with van der Waals surface area (Å²) in [5.74, 6) is 0.680. The number of nitrogens with zero attached hydrogens (tertiary/aromatic N) is 2. The van der Waals surface area contributed by atoms with Crippen LogP contribution >= 0.6 is 11.6 Å². The van der Waals surface area contributed by atoms with Crippen molar-refractivity contribution in [1.29, 1.82) is 0 Å². The van der Waals surface area contributed by atoms with Gasteiger partial charge in [0.1, 0.15) is 5.75 Å². The molecule has 32 heavy (non-hydrogen) atoms. The molecule has 4 aromatic rings. The predicted octanol–water partition coefficient (Wildman–Crippen LogP) is 4.82. The number of para-hydroxylation sites is 1. The molecule has 2 heterocycles. The normalized spacial score (nSPS) is 10.7. The molecular weight excluding hydrogens is 428 g/mol. The fourth-order valence-corrected chi connectivity index (χ4v) is 3.53. The van der Waals surface area contributed by atoms with E-state index in [-0.39, 0.29) is 24.7 Å². The molecule has 8 heteroatoms. The van der Waals surface area contributed by atoms with E-state index < -0.39 is 0 Å². The summed E-state index contributed by atoms with van der Waals surface area (Å²) >= 11 is 6.20. The van der Waals surface area contributed by atoms with Gasteiger partial charge in [0.2, 0.25) is 0 Å². The van der Waals surface area contributed by atoms with Crippen molar-refractivity contribution in [2.75, 3.05) is 12.4 Å². The number of H-pyrrole nitrogens is 1. The first-order valence-corrected chi connectivity index (χ1v) is 10.3. The Balaban J connectivity index is 1.66. The Morgan fingerprint density at radius 3 is 2.72 bits per heavy atom. The average Bonchev–Trinajstić information content (AvgIpc) is 2.81. The third kappa shape index (κ3) is 4.90. The molecule has 0 aliphatic carbocycles. The van der Waals surface area contributed by atoms with E-state index in [1.165, 1.54) is 4.90 Å². The standard InChI is InChI=1S/C24H21ClN4O3/c1-32-19-8-9-21-17(12-19)11-18(23(30)27-21)15-29(14-16-5-4-10-26-13-16)24(31)28-22-7-3-2-6-20(22)25/h2-13H,14-15H2,1H3,(H,27,30)(H,28,31). The zero-order valence-electron chi connectivity index (χ0n) is 17.3. The van der Waals surface area contributed by atoms with Crippen molar-refractivity contribution in [3.05, 3.63) is 99.6 Å². The number of ether oxygens (including phenoxy) is 1. The largest absolute Gasteiger partial charge is 0.497 e. The van der Waals surface area contributed by atoms with Crippen LogP contribution in [-0.2, 0) is 13.1 Å². The predicted molar refractivity (Wildman–Crippen MR) is 125 cm³/mol. The van der Waals surface area contributed by atoms with Crippen LogP contribution in [0.2, 0.25) is 5.02 Å². The molecule has 162 valence electrons. The third-order valence-electron chi connectivity index (χ3n) is 4.99. The zero-order valence-corrected chi connectivity index (χ0v) is 18.1. The van der Waals surface area contributed by atoms with Gasteiger partial charge in [-0.05, 0) is 48.0 Å². The van der Waals surface area contributed by atoms with Gasteiger partial charge >= 0.3 is 6.03 Å². The van der Waals surface area contributed by atoms with Crippen molar-refractivity contribution >= 4 is 34.2 Å². The van der Waals surface area contributed by atoms with Gasteiger partial charge in [0.05, 0.1) is 24.4 Å². The third-order valence-corrected chi connectivity index (χ3v) is 5.32. The number of amides is 2. The van der Waals surface area contributed by atoms with Gasteiger partial charge in [-0.2, -0.15) is 0 Å². The number of hydrogen-bond donors (Lipinski definition) is 2. The molecule has 0 aliphatic heterocycles. The van der Waals surface area contributed by atoms with E-state index in [0.29, 0.717) is 27.5 Å². The van der Waals surface area contributed by atoms with Crippen LogP contribution in [0.5, 0.6) is 5.75 Å². The Kier molecular flexibility index (Phi) is 6.37. The van der Waals surface area contributed by atoms with E-state index in [0.717, 1.165) is 10.9 Å². The summed E-state index contributed by atoms with van der Waals surface area (Å²) in [5.41, 5.74) is 2.21. The van der Waals surface area contributed by atoms with Gasteiger partial charge in [0.25, 0.3) is 5.56 Å². The van der Waals surface area contributed by atoms with E-state index in [2.05, 4.69) is 15.3 Å². The number of rotatable bonds is 6. The summed E-state index contributed by atoms with van der Waals surface area (Å²) in [4.78, 5) is 34.4. The number of methoxy groups -OCH3 is 1.